The number of hydrogen-bond donors (Lipinski definition) is 2. The summed E-state index contributed by atoms with van der Waals surface area (Å²) < 4.78 is 0.875. The number of hydrogen-bond acceptors (Lipinski definition) is 2. The summed E-state index contributed by atoms with van der Waals surface area (Å²) >= 11 is 3.35. The molecule has 0 fully saturated rings. The first-order valence-electron chi connectivity index (χ1n) is 7.09. The molecule has 0 aliphatic carbocycles. The van der Waals surface area contributed by atoms with Crippen molar-refractivity contribution in [2.45, 2.75) is 34.1 Å². The molecule has 4 nitrogen and oxygen atoms in total. The SMILES string of the molecule is CC(C)CCNC(=O)C(C)(C)C(=O)Nc1cccc(Br)c1. The van der Waals surface area contributed by atoms with Crippen LogP contribution in [0.15, 0.2) is 28.7 Å². The van der Waals surface area contributed by atoms with E-state index in [1.807, 2.05) is 12.1 Å². The molecule has 0 saturated heterocycles. The van der Waals surface area contributed by atoms with E-state index in [-0.39, 0.29) is 11.8 Å². The lowest BCUT2D eigenvalue weighted by Crippen LogP contribution is -2.45. The van der Waals surface area contributed by atoms with Crippen LogP contribution in [0.3, 0.4) is 0 Å². The van der Waals surface area contributed by atoms with Crippen molar-refractivity contribution >= 4 is 33.4 Å². The van der Waals surface area contributed by atoms with Crippen molar-refractivity contribution < 1.29 is 9.59 Å². The van der Waals surface area contributed by atoms with E-state index in [1.54, 1.807) is 26.0 Å². The van der Waals surface area contributed by atoms with Gasteiger partial charge in [-0.3, -0.25) is 9.59 Å². The van der Waals surface area contributed by atoms with Gasteiger partial charge >= 0.3 is 0 Å². The van der Waals surface area contributed by atoms with Gasteiger partial charge in [-0.05, 0) is 44.4 Å². The highest BCUT2D eigenvalue weighted by molar-refractivity contribution is 9.10. The maximum atomic E-state index is 12.3. The van der Waals surface area contributed by atoms with Crippen LogP contribution in [0.25, 0.3) is 0 Å². The number of rotatable bonds is 6. The third kappa shape index (κ3) is 5.50. The molecular formula is C16H23BrN2O2. The topological polar surface area (TPSA) is 58.2 Å². The van der Waals surface area contributed by atoms with Crippen LogP contribution in [-0.2, 0) is 9.59 Å². The minimum Gasteiger partial charge on any atom is -0.355 e. The monoisotopic (exact) mass is 354 g/mol. The summed E-state index contributed by atoms with van der Waals surface area (Å²) in [6.07, 6.45) is 0.898. The van der Waals surface area contributed by atoms with E-state index in [0.29, 0.717) is 18.2 Å². The molecule has 1 aromatic carbocycles. The van der Waals surface area contributed by atoms with Crippen molar-refractivity contribution in [3.63, 3.8) is 0 Å². The summed E-state index contributed by atoms with van der Waals surface area (Å²) in [7, 11) is 0. The summed E-state index contributed by atoms with van der Waals surface area (Å²) in [6.45, 7) is 8.04. The highest BCUT2D eigenvalue weighted by Gasteiger charge is 2.35. The van der Waals surface area contributed by atoms with Gasteiger partial charge in [0.2, 0.25) is 11.8 Å². The Morgan fingerprint density at radius 2 is 1.90 bits per heavy atom. The summed E-state index contributed by atoms with van der Waals surface area (Å²) in [5, 5.41) is 5.60. The number of halogens is 1. The molecule has 1 rings (SSSR count). The van der Waals surface area contributed by atoms with Gasteiger partial charge in [0.15, 0.2) is 0 Å². The number of amides is 2. The maximum absolute atomic E-state index is 12.3. The third-order valence-corrected chi connectivity index (χ3v) is 3.72. The Labute approximate surface area is 134 Å². The highest BCUT2D eigenvalue weighted by Crippen LogP contribution is 2.21. The second-order valence-corrected chi connectivity index (χ2v) is 6.94. The molecule has 0 unspecified atom stereocenters. The van der Waals surface area contributed by atoms with Gasteiger partial charge in [0.05, 0.1) is 0 Å². The largest absolute Gasteiger partial charge is 0.355 e. The van der Waals surface area contributed by atoms with E-state index < -0.39 is 5.41 Å². The minimum atomic E-state index is -1.11. The predicted octanol–water partition coefficient (Wildman–Crippen LogP) is 3.58. The van der Waals surface area contributed by atoms with Gasteiger partial charge in [0, 0.05) is 16.7 Å². The summed E-state index contributed by atoms with van der Waals surface area (Å²) in [5.41, 5.74) is -0.448. The summed E-state index contributed by atoms with van der Waals surface area (Å²) in [6, 6.07) is 7.29. The lowest BCUT2D eigenvalue weighted by Gasteiger charge is -2.23. The van der Waals surface area contributed by atoms with Crippen LogP contribution in [0.1, 0.15) is 34.1 Å². The Hall–Kier alpha value is -1.36. The Balaban J connectivity index is 2.63. The molecule has 5 heteroatoms. The number of nitrogens with one attached hydrogen (secondary N) is 2. The lowest BCUT2D eigenvalue weighted by atomic mass is 9.90. The van der Waals surface area contributed by atoms with Gasteiger partial charge in [-0.15, -0.1) is 0 Å². The van der Waals surface area contributed by atoms with E-state index >= 15 is 0 Å². The average molecular weight is 355 g/mol. The van der Waals surface area contributed by atoms with Gasteiger partial charge in [-0.1, -0.05) is 35.8 Å². The van der Waals surface area contributed by atoms with Crippen molar-refractivity contribution in [2.75, 3.05) is 11.9 Å². The van der Waals surface area contributed by atoms with Gasteiger partial charge in [-0.25, -0.2) is 0 Å². The van der Waals surface area contributed by atoms with Crippen LogP contribution < -0.4 is 10.6 Å². The minimum absolute atomic E-state index is 0.254. The second-order valence-electron chi connectivity index (χ2n) is 6.03. The molecule has 0 spiro atoms. The fourth-order valence-corrected chi connectivity index (χ4v) is 2.05. The molecule has 0 saturated carbocycles. The Morgan fingerprint density at radius 3 is 2.48 bits per heavy atom. The van der Waals surface area contributed by atoms with Crippen molar-refractivity contribution in [2.24, 2.45) is 11.3 Å². The standard InChI is InChI=1S/C16H23BrN2O2/c1-11(2)8-9-18-14(20)16(3,4)15(21)19-13-7-5-6-12(17)10-13/h5-7,10-11H,8-9H2,1-4H3,(H,18,20)(H,19,21). The normalized spacial score (nSPS) is 11.3. The zero-order valence-electron chi connectivity index (χ0n) is 13.0. The molecule has 0 aromatic heterocycles. The van der Waals surface area contributed by atoms with Crippen LogP contribution >= 0.6 is 15.9 Å². The number of carbonyl (C=O) groups excluding carboxylic acids is 2. The molecular weight excluding hydrogens is 332 g/mol. The molecule has 0 aliphatic rings. The number of benzene rings is 1. The molecule has 1 aromatic rings. The lowest BCUT2D eigenvalue weighted by molar-refractivity contribution is -0.138. The average Bonchev–Trinajstić information content (AvgIpc) is 2.37. The van der Waals surface area contributed by atoms with E-state index in [1.165, 1.54) is 0 Å². The van der Waals surface area contributed by atoms with E-state index in [0.717, 1.165) is 10.9 Å². The van der Waals surface area contributed by atoms with Gasteiger partial charge in [0.1, 0.15) is 5.41 Å². The Morgan fingerprint density at radius 1 is 1.24 bits per heavy atom. The van der Waals surface area contributed by atoms with E-state index in [9.17, 15) is 9.59 Å². The zero-order valence-corrected chi connectivity index (χ0v) is 14.6. The summed E-state index contributed by atoms with van der Waals surface area (Å²) in [4.78, 5) is 24.5. The highest BCUT2D eigenvalue weighted by atomic mass is 79.9. The predicted molar refractivity (Wildman–Crippen MR) is 89.0 cm³/mol. The molecule has 0 bridgehead atoms. The van der Waals surface area contributed by atoms with Crippen molar-refractivity contribution in [1.29, 1.82) is 0 Å². The molecule has 2 amide bonds. The molecule has 0 radical (unpaired) electrons. The van der Waals surface area contributed by atoms with Crippen molar-refractivity contribution in [1.82, 2.24) is 5.32 Å². The quantitative estimate of drug-likeness (QED) is 0.767. The number of anilines is 1. The number of carbonyl (C=O) groups is 2. The van der Waals surface area contributed by atoms with Crippen LogP contribution in [0.2, 0.25) is 0 Å². The van der Waals surface area contributed by atoms with E-state index in [2.05, 4.69) is 40.4 Å². The fourth-order valence-electron chi connectivity index (χ4n) is 1.65. The molecule has 0 aliphatic heterocycles. The Kier molecular flexibility index (Phi) is 6.40. The Bertz CT molecular complexity index is 513. The van der Waals surface area contributed by atoms with Crippen molar-refractivity contribution in [3.8, 4) is 0 Å². The second kappa shape index (κ2) is 7.59. The van der Waals surface area contributed by atoms with Crippen LogP contribution in [0.4, 0.5) is 5.69 Å². The molecule has 2 N–H and O–H groups in total. The molecule has 21 heavy (non-hydrogen) atoms. The molecule has 0 heterocycles. The van der Waals surface area contributed by atoms with Crippen LogP contribution in [-0.4, -0.2) is 18.4 Å². The van der Waals surface area contributed by atoms with Crippen molar-refractivity contribution in [3.05, 3.63) is 28.7 Å². The van der Waals surface area contributed by atoms with Gasteiger partial charge < -0.3 is 10.6 Å². The third-order valence-electron chi connectivity index (χ3n) is 3.23. The van der Waals surface area contributed by atoms with Gasteiger partial charge in [-0.2, -0.15) is 0 Å². The van der Waals surface area contributed by atoms with Crippen LogP contribution in [0, 0.1) is 11.3 Å². The van der Waals surface area contributed by atoms with E-state index in [4.69, 9.17) is 0 Å². The molecule has 0 atom stereocenters. The first-order valence-corrected chi connectivity index (χ1v) is 7.88. The molecule has 116 valence electrons. The smallest absolute Gasteiger partial charge is 0.239 e. The zero-order chi connectivity index (χ0) is 16.0. The first kappa shape index (κ1) is 17.7. The van der Waals surface area contributed by atoms with Gasteiger partial charge in [0.25, 0.3) is 0 Å². The summed E-state index contributed by atoms with van der Waals surface area (Å²) in [5.74, 6) is -0.0535. The van der Waals surface area contributed by atoms with Crippen LogP contribution in [0.5, 0.6) is 0 Å². The first-order chi connectivity index (χ1) is 9.73. The fraction of sp³-hybridized carbons (Fsp3) is 0.500. The maximum Gasteiger partial charge on any atom is 0.239 e.